The summed E-state index contributed by atoms with van der Waals surface area (Å²) in [6.45, 7) is 4.38. The minimum absolute atomic E-state index is 0.165. The number of rotatable bonds is 9. The highest BCUT2D eigenvalue weighted by molar-refractivity contribution is 5.21. The number of allylic oxidation sites excluding steroid dienone is 1. The van der Waals surface area contributed by atoms with Crippen LogP contribution in [0, 0.1) is 0 Å². The van der Waals surface area contributed by atoms with Gasteiger partial charge in [0.25, 0.3) is 0 Å². The molecule has 1 aromatic rings. The van der Waals surface area contributed by atoms with E-state index in [0.717, 1.165) is 24.8 Å². The number of aliphatic hydroxyl groups is 1. The van der Waals surface area contributed by atoms with Crippen molar-refractivity contribution in [1.82, 2.24) is 0 Å². The zero-order valence-electron chi connectivity index (χ0n) is 12.7. The van der Waals surface area contributed by atoms with E-state index in [1.54, 1.807) is 7.11 Å². The molecule has 0 heterocycles. The first-order chi connectivity index (χ1) is 9.69. The fourth-order valence-electron chi connectivity index (χ4n) is 2.09. The Morgan fingerprint density at radius 1 is 1.30 bits per heavy atom. The van der Waals surface area contributed by atoms with Gasteiger partial charge in [-0.05, 0) is 25.3 Å². The summed E-state index contributed by atoms with van der Waals surface area (Å²) in [7, 11) is 1.58. The van der Waals surface area contributed by atoms with E-state index in [1.165, 1.54) is 5.57 Å². The molecule has 3 nitrogen and oxygen atoms in total. The number of methoxy groups -OCH3 is 1. The second kappa shape index (κ2) is 9.70. The molecule has 2 atom stereocenters. The van der Waals surface area contributed by atoms with Crippen molar-refractivity contribution < 1.29 is 14.6 Å². The lowest BCUT2D eigenvalue weighted by Gasteiger charge is -2.22. The van der Waals surface area contributed by atoms with E-state index in [4.69, 9.17) is 9.47 Å². The van der Waals surface area contributed by atoms with Crippen LogP contribution in [0.3, 0.4) is 0 Å². The molecule has 0 unspecified atom stereocenters. The monoisotopic (exact) mass is 278 g/mol. The third-order valence-corrected chi connectivity index (χ3v) is 3.18. The van der Waals surface area contributed by atoms with Crippen LogP contribution < -0.4 is 0 Å². The van der Waals surface area contributed by atoms with Gasteiger partial charge in [-0.15, -0.1) is 0 Å². The molecule has 0 spiro atoms. The van der Waals surface area contributed by atoms with Crippen molar-refractivity contribution in [3.8, 4) is 0 Å². The first-order valence-corrected chi connectivity index (χ1v) is 7.19. The second-order valence-electron chi connectivity index (χ2n) is 5.01. The average Bonchev–Trinajstić information content (AvgIpc) is 2.46. The van der Waals surface area contributed by atoms with Gasteiger partial charge in [-0.25, -0.2) is 0 Å². The van der Waals surface area contributed by atoms with Crippen molar-refractivity contribution in [3.63, 3.8) is 0 Å². The Hall–Kier alpha value is -1.16. The Kier molecular flexibility index (Phi) is 8.19. The molecule has 0 aromatic heterocycles. The first-order valence-electron chi connectivity index (χ1n) is 7.19. The molecule has 0 amide bonds. The zero-order chi connectivity index (χ0) is 14.8. The predicted molar refractivity (Wildman–Crippen MR) is 81.4 cm³/mol. The number of ether oxygens (including phenoxy) is 2. The molecule has 0 aliphatic heterocycles. The lowest BCUT2D eigenvalue weighted by molar-refractivity contribution is -0.104. The van der Waals surface area contributed by atoms with Gasteiger partial charge < -0.3 is 14.6 Å². The normalized spacial score (nSPS) is 15.1. The molecule has 1 N–H and O–H groups in total. The van der Waals surface area contributed by atoms with E-state index >= 15 is 0 Å². The van der Waals surface area contributed by atoms with E-state index < -0.39 is 12.2 Å². The van der Waals surface area contributed by atoms with Crippen LogP contribution in [0.15, 0.2) is 42.0 Å². The summed E-state index contributed by atoms with van der Waals surface area (Å²) >= 11 is 0. The van der Waals surface area contributed by atoms with Gasteiger partial charge in [0.15, 0.2) is 0 Å². The summed E-state index contributed by atoms with van der Waals surface area (Å²) in [5, 5.41) is 10.4. The summed E-state index contributed by atoms with van der Waals surface area (Å²) in [5.41, 5.74) is 2.15. The van der Waals surface area contributed by atoms with Crippen LogP contribution in [0.5, 0.6) is 0 Å². The van der Waals surface area contributed by atoms with Crippen molar-refractivity contribution >= 4 is 0 Å². The average molecular weight is 278 g/mol. The van der Waals surface area contributed by atoms with Gasteiger partial charge >= 0.3 is 0 Å². The lowest BCUT2D eigenvalue weighted by Crippen LogP contribution is -2.20. The Bertz CT molecular complexity index is 386. The topological polar surface area (TPSA) is 38.7 Å². The molecule has 0 fully saturated rings. The van der Waals surface area contributed by atoms with Gasteiger partial charge in [0, 0.05) is 7.11 Å². The minimum atomic E-state index is -0.663. The lowest BCUT2D eigenvalue weighted by atomic mass is 10.0. The van der Waals surface area contributed by atoms with E-state index in [-0.39, 0.29) is 6.79 Å². The maximum Gasteiger partial charge on any atom is 0.147 e. The molecule has 3 heteroatoms. The highest BCUT2D eigenvalue weighted by atomic mass is 16.7. The Morgan fingerprint density at radius 3 is 2.60 bits per heavy atom. The molecule has 0 radical (unpaired) electrons. The van der Waals surface area contributed by atoms with Crippen molar-refractivity contribution in [2.75, 3.05) is 13.9 Å². The SMILES string of the molecule is CCCC/C(C)=C/[C@H](O)[C@@H](OCOC)c1ccccc1. The zero-order valence-corrected chi connectivity index (χ0v) is 12.7. The number of hydrogen-bond donors (Lipinski definition) is 1. The van der Waals surface area contributed by atoms with Gasteiger partial charge in [-0.3, -0.25) is 0 Å². The fourth-order valence-corrected chi connectivity index (χ4v) is 2.09. The van der Waals surface area contributed by atoms with Crippen LogP contribution in [-0.4, -0.2) is 25.1 Å². The Labute approximate surface area is 122 Å². The number of unbranched alkanes of at least 4 members (excludes halogenated alkanes) is 1. The van der Waals surface area contributed by atoms with Crippen LogP contribution in [-0.2, 0) is 9.47 Å². The minimum Gasteiger partial charge on any atom is -0.386 e. The Morgan fingerprint density at radius 2 is 2.00 bits per heavy atom. The van der Waals surface area contributed by atoms with Gasteiger partial charge in [-0.1, -0.05) is 55.3 Å². The molecule has 0 saturated carbocycles. The number of hydrogen-bond acceptors (Lipinski definition) is 3. The third kappa shape index (κ3) is 5.87. The van der Waals surface area contributed by atoms with Crippen molar-refractivity contribution in [1.29, 1.82) is 0 Å². The van der Waals surface area contributed by atoms with E-state index in [9.17, 15) is 5.11 Å². The number of aliphatic hydroxyl groups excluding tert-OH is 1. The van der Waals surface area contributed by atoms with Crippen LogP contribution >= 0.6 is 0 Å². The predicted octanol–water partition coefficient (Wildman–Crippen LogP) is 3.85. The smallest absolute Gasteiger partial charge is 0.147 e. The van der Waals surface area contributed by atoms with Gasteiger partial charge in [-0.2, -0.15) is 0 Å². The second-order valence-corrected chi connectivity index (χ2v) is 5.01. The van der Waals surface area contributed by atoms with Gasteiger partial charge in [0.1, 0.15) is 19.0 Å². The molecule has 20 heavy (non-hydrogen) atoms. The van der Waals surface area contributed by atoms with Crippen molar-refractivity contribution in [3.05, 3.63) is 47.5 Å². The standard InChI is InChI=1S/C17H26O3/c1-4-5-9-14(2)12-16(18)17(20-13-19-3)15-10-7-6-8-11-15/h6-8,10-12,16-18H,4-5,9,13H2,1-3H3/b14-12+/t16-,17-/m0/s1. The van der Waals surface area contributed by atoms with Gasteiger partial charge in [0.2, 0.25) is 0 Å². The van der Waals surface area contributed by atoms with E-state index in [0.29, 0.717) is 0 Å². The summed E-state index contributed by atoms with van der Waals surface area (Å²) in [5.74, 6) is 0. The Balaban J connectivity index is 2.77. The summed E-state index contributed by atoms with van der Waals surface area (Å²) < 4.78 is 10.6. The largest absolute Gasteiger partial charge is 0.386 e. The van der Waals surface area contributed by atoms with Crippen molar-refractivity contribution in [2.24, 2.45) is 0 Å². The fraction of sp³-hybridized carbons (Fsp3) is 0.529. The molecule has 0 saturated heterocycles. The molecular weight excluding hydrogens is 252 g/mol. The van der Waals surface area contributed by atoms with Crippen LogP contribution in [0.1, 0.15) is 44.8 Å². The molecule has 0 bridgehead atoms. The molecular formula is C17H26O3. The molecule has 112 valence electrons. The highest BCUT2D eigenvalue weighted by Crippen LogP contribution is 2.23. The van der Waals surface area contributed by atoms with E-state index in [2.05, 4.69) is 13.8 Å². The van der Waals surface area contributed by atoms with Crippen molar-refractivity contribution in [2.45, 2.75) is 45.3 Å². The number of benzene rings is 1. The quantitative estimate of drug-likeness (QED) is 0.551. The molecule has 1 aromatic carbocycles. The molecule has 1 rings (SSSR count). The van der Waals surface area contributed by atoms with E-state index in [1.807, 2.05) is 36.4 Å². The summed E-state index contributed by atoms with van der Waals surface area (Å²) in [6, 6.07) is 9.75. The van der Waals surface area contributed by atoms with Gasteiger partial charge in [0.05, 0.1) is 0 Å². The molecule has 0 aliphatic carbocycles. The van der Waals surface area contributed by atoms with Crippen LogP contribution in [0.2, 0.25) is 0 Å². The highest BCUT2D eigenvalue weighted by Gasteiger charge is 2.20. The summed E-state index contributed by atoms with van der Waals surface area (Å²) in [6.07, 6.45) is 4.15. The van der Waals surface area contributed by atoms with Crippen LogP contribution in [0.4, 0.5) is 0 Å². The summed E-state index contributed by atoms with van der Waals surface area (Å²) in [4.78, 5) is 0. The maximum absolute atomic E-state index is 10.4. The third-order valence-electron chi connectivity index (χ3n) is 3.18. The molecule has 0 aliphatic rings. The maximum atomic E-state index is 10.4. The van der Waals surface area contributed by atoms with Crippen LogP contribution in [0.25, 0.3) is 0 Å². The first kappa shape index (κ1) is 16.9.